The van der Waals surface area contributed by atoms with Crippen molar-refractivity contribution in [3.63, 3.8) is 0 Å². The van der Waals surface area contributed by atoms with Crippen LogP contribution in [0, 0.1) is 0 Å². The number of hydrogen-bond acceptors (Lipinski definition) is 2. The fourth-order valence-corrected chi connectivity index (χ4v) is 1.46. The van der Waals surface area contributed by atoms with Crippen LogP contribution in [0.15, 0.2) is 59.7 Å². The van der Waals surface area contributed by atoms with Crippen molar-refractivity contribution in [2.75, 3.05) is 0 Å². The first kappa shape index (κ1) is 10.6. The lowest BCUT2D eigenvalue weighted by atomic mass is 10.1. The summed E-state index contributed by atoms with van der Waals surface area (Å²) in [7, 11) is 0. The van der Waals surface area contributed by atoms with Gasteiger partial charge in [0.05, 0.1) is 11.7 Å². The SMILES string of the molecule is C[C@H](N=Cc1ccccn1)c1ccccc1. The molecule has 0 saturated heterocycles. The molecule has 1 atom stereocenters. The Labute approximate surface area is 95.7 Å². The van der Waals surface area contributed by atoms with Gasteiger partial charge in [0.25, 0.3) is 0 Å². The minimum absolute atomic E-state index is 0.170. The number of aliphatic imine (C=N–C) groups is 1. The maximum atomic E-state index is 4.48. The van der Waals surface area contributed by atoms with Gasteiger partial charge in [-0.05, 0) is 24.6 Å². The Morgan fingerprint density at radius 2 is 1.81 bits per heavy atom. The third kappa shape index (κ3) is 2.76. The highest BCUT2D eigenvalue weighted by Crippen LogP contribution is 2.15. The molecule has 2 aromatic rings. The fourth-order valence-electron chi connectivity index (χ4n) is 1.46. The molecule has 80 valence electrons. The molecule has 1 aromatic carbocycles. The number of pyridine rings is 1. The van der Waals surface area contributed by atoms with E-state index in [-0.39, 0.29) is 6.04 Å². The van der Waals surface area contributed by atoms with Crippen molar-refractivity contribution >= 4 is 6.21 Å². The molecule has 2 nitrogen and oxygen atoms in total. The van der Waals surface area contributed by atoms with Crippen molar-refractivity contribution in [3.8, 4) is 0 Å². The van der Waals surface area contributed by atoms with Crippen LogP contribution in [0.3, 0.4) is 0 Å². The molecular weight excluding hydrogens is 196 g/mol. The van der Waals surface area contributed by atoms with E-state index in [9.17, 15) is 0 Å². The lowest BCUT2D eigenvalue weighted by Crippen LogP contribution is -1.91. The van der Waals surface area contributed by atoms with E-state index >= 15 is 0 Å². The van der Waals surface area contributed by atoms with Crippen LogP contribution in [-0.2, 0) is 0 Å². The van der Waals surface area contributed by atoms with Gasteiger partial charge in [-0.2, -0.15) is 0 Å². The zero-order chi connectivity index (χ0) is 11.2. The Bertz CT molecular complexity index is 449. The summed E-state index contributed by atoms with van der Waals surface area (Å²) in [5.74, 6) is 0. The number of hydrogen-bond donors (Lipinski definition) is 0. The first-order valence-corrected chi connectivity index (χ1v) is 5.35. The maximum absolute atomic E-state index is 4.48. The summed E-state index contributed by atoms with van der Waals surface area (Å²) in [5, 5.41) is 0. The van der Waals surface area contributed by atoms with Gasteiger partial charge < -0.3 is 0 Å². The van der Waals surface area contributed by atoms with E-state index in [1.165, 1.54) is 5.56 Å². The third-order valence-electron chi connectivity index (χ3n) is 2.40. The van der Waals surface area contributed by atoms with Crippen molar-refractivity contribution < 1.29 is 0 Å². The summed E-state index contributed by atoms with van der Waals surface area (Å²) < 4.78 is 0. The van der Waals surface area contributed by atoms with Crippen LogP contribution in [0.2, 0.25) is 0 Å². The maximum Gasteiger partial charge on any atom is 0.0808 e. The van der Waals surface area contributed by atoms with Gasteiger partial charge in [-0.15, -0.1) is 0 Å². The van der Waals surface area contributed by atoms with Crippen molar-refractivity contribution in [1.29, 1.82) is 0 Å². The minimum Gasteiger partial charge on any atom is -0.283 e. The van der Waals surface area contributed by atoms with E-state index in [1.807, 2.05) is 42.6 Å². The lowest BCUT2D eigenvalue weighted by Gasteiger charge is -2.05. The lowest BCUT2D eigenvalue weighted by molar-refractivity contribution is 0.824. The van der Waals surface area contributed by atoms with Gasteiger partial charge in [0, 0.05) is 12.4 Å². The van der Waals surface area contributed by atoms with Crippen LogP contribution in [0.4, 0.5) is 0 Å². The van der Waals surface area contributed by atoms with Crippen LogP contribution in [0.1, 0.15) is 24.2 Å². The molecule has 0 fully saturated rings. The highest BCUT2D eigenvalue weighted by Gasteiger charge is 2.00. The van der Waals surface area contributed by atoms with E-state index in [2.05, 4.69) is 29.0 Å². The number of benzene rings is 1. The van der Waals surface area contributed by atoms with Gasteiger partial charge in [0.15, 0.2) is 0 Å². The Kier molecular flexibility index (Phi) is 3.44. The molecule has 0 aliphatic carbocycles. The van der Waals surface area contributed by atoms with E-state index in [1.54, 1.807) is 6.20 Å². The van der Waals surface area contributed by atoms with Gasteiger partial charge in [-0.25, -0.2) is 0 Å². The average Bonchev–Trinajstić information content (AvgIpc) is 2.38. The van der Waals surface area contributed by atoms with Crippen LogP contribution < -0.4 is 0 Å². The first-order valence-electron chi connectivity index (χ1n) is 5.35. The highest BCUT2D eigenvalue weighted by atomic mass is 14.8. The summed E-state index contributed by atoms with van der Waals surface area (Å²) in [5.41, 5.74) is 2.11. The zero-order valence-corrected chi connectivity index (χ0v) is 9.25. The van der Waals surface area contributed by atoms with Crippen molar-refractivity contribution in [2.45, 2.75) is 13.0 Å². The van der Waals surface area contributed by atoms with Crippen LogP contribution in [0.5, 0.6) is 0 Å². The Morgan fingerprint density at radius 3 is 2.50 bits per heavy atom. The average molecular weight is 210 g/mol. The highest BCUT2D eigenvalue weighted by molar-refractivity contribution is 5.76. The largest absolute Gasteiger partial charge is 0.283 e. The summed E-state index contributed by atoms with van der Waals surface area (Å²) in [4.78, 5) is 8.67. The van der Waals surface area contributed by atoms with Gasteiger partial charge in [-0.1, -0.05) is 36.4 Å². The van der Waals surface area contributed by atoms with Crippen molar-refractivity contribution in [1.82, 2.24) is 4.98 Å². The van der Waals surface area contributed by atoms with Crippen molar-refractivity contribution in [2.24, 2.45) is 4.99 Å². The number of nitrogens with zero attached hydrogens (tertiary/aromatic N) is 2. The molecule has 0 unspecified atom stereocenters. The Hall–Kier alpha value is -1.96. The molecule has 2 rings (SSSR count). The minimum atomic E-state index is 0.170. The van der Waals surface area contributed by atoms with Crippen LogP contribution in [0.25, 0.3) is 0 Å². The van der Waals surface area contributed by atoms with Gasteiger partial charge in [-0.3, -0.25) is 9.98 Å². The second-order valence-electron chi connectivity index (χ2n) is 3.62. The van der Waals surface area contributed by atoms with E-state index in [0.29, 0.717) is 0 Å². The molecule has 0 radical (unpaired) electrons. The van der Waals surface area contributed by atoms with Gasteiger partial charge in [0.2, 0.25) is 0 Å². The smallest absolute Gasteiger partial charge is 0.0808 e. The topological polar surface area (TPSA) is 25.2 Å². The molecule has 2 heteroatoms. The second-order valence-corrected chi connectivity index (χ2v) is 3.62. The predicted octanol–water partition coefficient (Wildman–Crippen LogP) is 3.26. The molecule has 0 saturated carbocycles. The Morgan fingerprint density at radius 1 is 1.06 bits per heavy atom. The summed E-state index contributed by atoms with van der Waals surface area (Å²) in [6.07, 6.45) is 3.59. The van der Waals surface area contributed by atoms with Gasteiger partial charge in [0.1, 0.15) is 0 Å². The zero-order valence-electron chi connectivity index (χ0n) is 9.25. The normalized spacial score (nSPS) is 12.8. The quantitative estimate of drug-likeness (QED) is 0.714. The van der Waals surface area contributed by atoms with Crippen LogP contribution >= 0.6 is 0 Å². The molecule has 0 aliphatic heterocycles. The monoisotopic (exact) mass is 210 g/mol. The molecule has 0 amide bonds. The van der Waals surface area contributed by atoms with Crippen LogP contribution in [-0.4, -0.2) is 11.2 Å². The predicted molar refractivity (Wildman–Crippen MR) is 66.7 cm³/mol. The third-order valence-corrected chi connectivity index (χ3v) is 2.40. The summed E-state index contributed by atoms with van der Waals surface area (Å²) in [6, 6.07) is 16.2. The molecule has 1 heterocycles. The number of rotatable bonds is 3. The van der Waals surface area contributed by atoms with E-state index in [4.69, 9.17) is 0 Å². The number of aromatic nitrogens is 1. The second kappa shape index (κ2) is 5.21. The van der Waals surface area contributed by atoms with Gasteiger partial charge >= 0.3 is 0 Å². The van der Waals surface area contributed by atoms with E-state index in [0.717, 1.165) is 5.69 Å². The standard InChI is InChI=1S/C14H14N2/c1-12(13-7-3-2-4-8-13)16-11-14-9-5-6-10-15-14/h2-12H,1H3/t12-/m0/s1. The molecule has 0 spiro atoms. The molecule has 1 aromatic heterocycles. The molecule has 0 aliphatic rings. The fraction of sp³-hybridized carbons (Fsp3) is 0.143. The summed E-state index contributed by atoms with van der Waals surface area (Å²) >= 11 is 0. The Balaban J connectivity index is 2.08. The molecule has 0 bridgehead atoms. The molecular formula is C14H14N2. The molecule has 0 N–H and O–H groups in total. The first-order chi connectivity index (χ1) is 7.86. The van der Waals surface area contributed by atoms with E-state index < -0.39 is 0 Å². The summed E-state index contributed by atoms with van der Waals surface area (Å²) in [6.45, 7) is 2.08. The molecule has 16 heavy (non-hydrogen) atoms. The van der Waals surface area contributed by atoms with Crippen molar-refractivity contribution in [3.05, 3.63) is 66.0 Å².